The maximum Gasteiger partial charge on any atom is 0.115 e. The van der Waals surface area contributed by atoms with Crippen molar-refractivity contribution in [3.63, 3.8) is 0 Å². The predicted octanol–water partition coefficient (Wildman–Crippen LogP) is 6.22. The van der Waals surface area contributed by atoms with E-state index in [1.807, 2.05) is 24.3 Å². The van der Waals surface area contributed by atoms with Crippen molar-refractivity contribution in [1.29, 1.82) is 0 Å². The maximum absolute atomic E-state index is 10.0. The Hall–Kier alpha value is -1.46. The fourth-order valence-corrected chi connectivity index (χ4v) is 6.07. The van der Waals surface area contributed by atoms with Crippen LogP contribution in [0.25, 0.3) is 0 Å². The highest BCUT2D eigenvalue weighted by Gasteiger charge is 2.33. The molecule has 2 aliphatic rings. The van der Waals surface area contributed by atoms with Crippen LogP contribution in [0.15, 0.2) is 36.4 Å². The van der Waals surface area contributed by atoms with Crippen LogP contribution in [0.5, 0.6) is 5.75 Å². The van der Waals surface area contributed by atoms with Crippen molar-refractivity contribution in [2.75, 3.05) is 37.6 Å². The second-order valence-electron chi connectivity index (χ2n) is 9.45. The van der Waals surface area contributed by atoms with Crippen LogP contribution in [-0.2, 0) is 12.8 Å². The average molecular weight is 491 g/mol. The maximum atomic E-state index is 10.0. The van der Waals surface area contributed by atoms with Gasteiger partial charge in [-0.05, 0) is 74.0 Å². The SMILES string of the molecule is CCCC(N1CCN(c2cccc(Cl)c2Cl)CC1)N(CCC)C1CCc2ccc(O)cc2C1. The number of phenols is 1. The van der Waals surface area contributed by atoms with Crippen LogP contribution in [0, 0.1) is 0 Å². The summed E-state index contributed by atoms with van der Waals surface area (Å²) in [5.41, 5.74) is 3.77. The molecule has 1 aliphatic heterocycles. The molecular formula is C27H37Cl2N3O. The summed E-state index contributed by atoms with van der Waals surface area (Å²) < 4.78 is 0. The molecule has 0 aromatic heterocycles. The smallest absolute Gasteiger partial charge is 0.115 e. The second kappa shape index (κ2) is 11.3. The number of fused-ring (bicyclic) bond motifs is 1. The number of aromatic hydroxyl groups is 1. The molecule has 0 radical (unpaired) electrons. The molecule has 4 rings (SSSR count). The lowest BCUT2D eigenvalue weighted by Gasteiger charge is -2.48. The van der Waals surface area contributed by atoms with Gasteiger partial charge in [0.05, 0.1) is 21.9 Å². The van der Waals surface area contributed by atoms with Gasteiger partial charge in [0.15, 0.2) is 0 Å². The first-order chi connectivity index (χ1) is 16.0. The topological polar surface area (TPSA) is 30.0 Å². The molecule has 33 heavy (non-hydrogen) atoms. The molecule has 2 aromatic rings. The molecule has 0 amide bonds. The Balaban J connectivity index is 1.48. The Bertz CT molecular complexity index is 930. The molecule has 1 aliphatic carbocycles. The fraction of sp³-hybridized carbons (Fsp3) is 0.556. The Morgan fingerprint density at radius 2 is 1.82 bits per heavy atom. The van der Waals surface area contributed by atoms with E-state index in [1.54, 1.807) is 0 Å². The lowest BCUT2D eigenvalue weighted by atomic mass is 9.86. The molecule has 180 valence electrons. The van der Waals surface area contributed by atoms with E-state index < -0.39 is 0 Å². The minimum atomic E-state index is 0.386. The van der Waals surface area contributed by atoms with Crippen LogP contribution in [0.1, 0.15) is 50.7 Å². The van der Waals surface area contributed by atoms with Crippen molar-refractivity contribution < 1.29 is 5.11 Å². The molecule has 0 bridgehead atoms. The number of hydrogen-bond donors (Lipinski definition) is 1. The summed E-state index contributed by atoms with van der Waals surface area (Å²) in [7, 11) is 0. The van der Waals surface area contributed by atoms with E-state index in [-0.39, 0.29) is 0 Å². The Labute approximate surface area is 209 Å². The van der Waals surface area contributed by atoms with Crippen LogP contribution < -0.4 is 4.90 Å². The van der Waals surface area contributed by atoms with Gasteiger partial charge in [-0.2, -0.15) is 0 Å². The molecule has 2 unspecified atom stereocenters. The quantitative estimate of drug-likeness (QED) is 0.476. The van der Waals surface area contributed by atoms with Crippen LogP contribution in [0.3, 0.4) is 0 Å². The van der Waals surface area contributed by atoms with Gasteiger partial charge in [-0.1, -0.05) is 55.6 Å². The number of aryl methyl sites for hydroxylation is 1. The van der Waals surface area contributed by atoms with Gasteiger partial charge in [-0.25, -0.2) is 0 Å². The van der Waals surface area contributed by atoms with Crippen molar-refractivity contribution in [2.45, 2.75) is 64.6 Å². The normalized spacial score (nSPS) is 20.2. The van der Waals surface area contributed by atoms with Crippen molar-refractivity contribution >= 4 is 28.9 Å². The van der Waals surface area contributed by atoms with E-state index in [2.05, 4.69) is 40.7 Å². The summed E-state index contributed by atoms with van der Waals surface area (Å²) in [5, 5.41) is 11.3. The van der Waals surface area contributed by atoms with E-state index in [0.29, 0.717) is 28.0 Å². The second-order valence-corrected chi connectivity index (χ2v) is 10.2. The van der Waals surface area contributed by atoms with Gasteiger partial charge in [-0.15, -0.1) is 0 Å². The monoisotopic (exact) mass is 489 g/mol. The summed E-state index contributed by atoms with van der Waals surface area (Å²) >= 11 is 12.8. The van der Waals surface area contributed by atoms with Gasteiger partial charge in [-0.3, -0.25) is 9.80 Å². The molecule has 2 aromatic carbocycles. The lowest BCUT2D eigenvalue weighted by molar-refractivity contribution is -0.00208. The number of benzene rings is 2. The highest BCUT2D eigenvalue weighted by molar-refractivity contribution is 6.43. The van der Waals surface area contributed by atoms with Gasteiger partial charge in [0.1, 0.15) is 5.75 Å². The molecule has 0 saturated carbocycles. The number of phenolic OH excluding ortho intramolecular Hbond substituents is 1. The van der Waals surface area contributed by atoms with E-state index in [1.165, 1.54) is 30.4 Å². The molecule has 1 heterocycles. The largest absolute Gasteiger partial charge is 0.508 e. The lowest BCUT2D eigenvalue weighted by Crippen LogP contribution is -2.59. The zero-order chi connectivity index (χ0) is 23.4. The molecule has 1 N–H and O–H groups in total. The molecule has 6 heteroatoms. The van der Waals surface area contributed by atoms with Crippen molar-refractivity contribution in [3.05, 3.63) is 57.6 Å². The summed E-state index contributed by atoms with van der Waals surface area (Å²) in [4.78, 5) is 7.84. The van der Waals surface area contributed by atoms with Crippen LogP contribution in [0.4, 0.5) is 5.69 Å². The van der Waals surface area contributed by atoms with E-state index in [0.717, 1.165) is 57.7 Å². The van der Waals surface area contributed by atoms with E-state index in [4.69, 9.17) is 23.2 Å². The average Bonchev–Trinajstić information content (AvgIpc) is 2.83. The summed E-state index contributed by atoms with van der Waals surface area (Å²) in [6.45, 7) is 9.67. The molecule has 0 spiro atoms. The third-order valence-corrected chi connectivity index (χ3v) is 8.09. The minimum absolute atomic E-state index is 0.386. The Kier molecular flexibility index (Phi) is 8.45. The van der Waals surface area contributed by atoms with E-state index >= 15 is 0 Å². The van der Waals surface area contributed by atoms with Crippen LogP contribution in [0.2, 0.25) is 10.0 Å². The van der Waals surface area contributed by atoms with Gasteiger partial charge < -0.3 is 10.0 Å². The first kappa shape index (κ1) is 24.7. The highest BCUT2D eigenvalue weighted by atomic mass is 35.5. The third kappa shape index (κ3) is 5.62. The van der Waals surface area contributed by atoms with Crippen LogP contribution in [-0.4, -0.2) is 59.8 Å². The van der Waals surface area contributed by atoms with Crippen molar-refractivity contribution in [3.8, 4) is 5.75 Å². The molecule has 1 fully saturated rings. The molecular weight excluding hydrogens is 453 g/mol. The standard InChI is InChI=1S/C27H37Cl2N3O/c1-3-6-26(31-16-14-30(15-17-31)25-8-5-7-24(28)27(25)29)32(13-4-2)22-11-9-20-10-12-23(33)19-21(20)18-22/h5,7-8,10,12,19,22,26,33H,3-4,6,9,11,13-18H2,1-2H3. The number of rotatable bonds is 8. The van der Waals surface area contributed by atoms with Crippen LogP contribution >= 0.6 is 23.2 Å². The Morgan fingerprint density at radius 3 is 2.55 bits per heavy atom. The number of halogens is 2. The first-order valence-corrected chi connectivity index (χ1v) is 13.3. The van der Waals surface area contributed by atoms with Crippen molar-refractivity contribution in [2.24, 2.45) is 0 Å². The molecule has 2 atom stereocenters. The Morgan fingerprint density at radius 1 is 1.03 bits per heavy atom. The number of nitrogens with zero attached hydrogens (tertiary/aromatic N) is 3. The third-order valence-electron chi connectivity index (χ3n) is 7.28. The molecule has 4 nitrogen and oxygen atoms in total. The number of hydrogen-bond acceptors (Lipinski definition) is 4. The summed E-state index contributed by atoms with van der Waals surface area (Å²) in [6.07, 6.45) is 7.28. The number of piperazine rings is 1. The van der Waals surface area contributed by atoms with E-state index in [9.17, 15) is 5.11 Å². The minimum Gasteiger partial charge on any atom is -0.508 e. The molecule has 1 saturated heterocycles. The van der Waals surface area contributed by atoms with Gasteiger partial charge in [0.2, 0.25) is 0 Å². The van der Waals surface area contributed by atoms with Gasteiger partial charge >= 0.3 is 0 Å². The summed E-state index contributed by atoms with van der Waals surface area (Å²) in [6, 6.07) is 12.3. The zero-order valence-corrected chi connectivity index (χ0v) is 21.5. The fourth-order valence-electron chi connectivity index (χ4n) is 5.65. The van der Waals surface area contributed by atoms with Gasteiger partial charge in [0, 0.05) is 32.2 Å². The first-order valence-electron chi connectivity index (χ1n) is 12.5. The van der Waals surface area contributed by atoms with Crippen molar-refractivity contribution in [1.82, 2.24) is 9.80 Å². The number of anilines is 1. The zero-order valence-electron chi connectivity index (χ0n) is 19.9. The predicted molar refractivity (Wildman–Crippen MR) is 140 cm³/mol. The van der Waals surface area contributed by atoms with Gasteiger partial charge in [0.25, 0.3) is 0 Å². The summed E-state index contributed by atoms with van der Waals surface area (Å²) in [5.74, 6) is 0.386. The highest BCUT2D eigenvalue weighted by Crippen LogP contribution is 2.34.